The molecular formula is C38H54N6O6. The van der Waals surface area contributed by atoms with Gasteiger partial charge in [0.1, 0.15) is 25.2 Å². The first-order chi connectivity index (χ1) is 24.2. The SMILES string of the molecule is CCCCCCNC(=O)C[C@H]1C(=O)N(CC(=O)NCc2ccccc2)[C@@H](CC(=O)NCCCCCC)C(=O)N1CC(=O)NCc1ccccc1. The first-order valence-electron chi connectivity index (χ1n) is 18.0. The summed E-state index contributed by atoms with van der Waals surface area (Å²) in [6.45, 7) is 4.44. The smallest absolute Gasteiger partial charge is 0.247 e. The Morgan fingerprint density at radius 2 is 0.900 bits per heavy atom. The van der Waals surface area contributed by atoms with Gasteiger partial charge < -0.3 is 31.1 Å². The summed E-state index contributed by atoms with van der Waals surface area (Å²) in [7, 11) is 0. The zero-order valence-corrected chi connectivity index (χ0v) is 29.6. The minimum atomic E-state index is -1.34. The van der Waals surface area contributed by atoms with Gasteiger partial charge in [-0.05, 0) is 24.0 Å². The molecule has 1 saturated heterocycles. The normalized spacial score (nSPS) is 15.8. The van der Waals surface area contributed by atoms with Crippen LogP contribution in [0, 0.1) is 0 Å². The minimum absolute atomic E-state index is 0.205. The molecule has 12 heteroatoms. The highest BCUT2D eigenvalue weighted by molar-refractivity contribution is 6.03. The summed E-state index contributed by atoms with van der Waals surface area (Å²) < 4.78 is 0. The summed E-state index contributed by atoms with van der Waals surface area (Å²) in [6.07, 6.45) is 6.81. The Morgan fingerprint density at radius 1 is 0.520 bits per heavy atom. The van der Waals surface area contributed by atoms with E-state index < -0.39 is 60.6 Å². The van der Waals surface area contributed by atoms with Gasteiger partial charge in [-0.3, -0.25) is 28.8 Å². The van der Waals surface area contributed by atoms with Crippen molar-refractivity contribution >= 4 is 35.4 Å². The molecule has 0 unspecified atom stereocenters. The van der Waals surface area contributed by atoms with Gasteiger partial charge in [0, 0.05) is 26.2 Å². The number of nitrogens with one attached hydrogen (secondary N) is 4. The number of benzene rings is 2. The third-order valence-corrected chi connectivity index (χ3v) is 8.64. The zero-order chi connectivity index (χ0) is 36.1. The molecule has 0 aliphatic carbocycles. The van der Waals surface area contributed by atoms with Gasteiger partial charge in [0.15, 0.2) is 0 Å². The molecule has 50 heavy (non-hydrogen) atoms. The van der Waals surface area contributed by atoms with Gasteiger partial charge in [0.2, 0.25) is 35.4 Å². The highest BCUT2D eigenvalue weighted by Gasteiger charge is 2.48. The van der Waals surface area contributed by atoms with E-state index in [9.17, 15) is 28.8 Å². The Balaban J connectivity index is 1.82. The number of carbonyl (C=O) groups excluding carboxylic acids is 6. The van der Waals surface area contributed by atoms with Gasteiger partial charge in [-0.2, -0.15) is 0 Å². The number of rotatable bonds is 22. The molecule has 2 atom stereocenters. The molecule has 272 valence electrons. The lowest BCUT2D eigenvalue weighted by Crippen LogP contribution is -2.68. The van der Waals surface area contributed by atoms with Gasteiger partial charge in [-0.15, -0.1) is 0 Å². The summed E-state index contributed by atoms with van der Waals surface area (Å²) >= 11 is 0. The topological polar surface area (TPSA) is 157 Å². The summed E-state index contributed by atoms with van der Waals surface area (Å²) in [5, 5.41) is 11.2. The average Bonchev–Trinajstić information content (AvgIpc) is 3.12. The van der Waals surface area contributed by atoms with E-state index >= 15 is 0 Å². The summed E-state index contributed by atoms with van der Waals surface area (Å²) in [4.78, 5) is 83.3. The zero-order valence-electron chi connectivity index (χ0n) is 29.6. The third-order valence-electron chi connectivity index (χ3n) is 8.64. The van der Waals surface area contributed by atoms with E-state index in [2.05, 4.69) is 35.1 Å². The molecule has 1 aliphatic heterocycles. The lowest BCUT2D eigenvalue weighted by atomic mass is 9.98. The van der Waals surface area contributed by atoms with Crippen LogP contribution in [0.2, 0.25) is 0 Å². The van der Waals surface area contributed by atoms with Crippen molar-refractivity contribution in [1.82, 2.24) is 31.1 Å². The van der Waals surface area contributed by atoms with Gasteiger partial charge in [-0.25, -0.2) is 0 Å². The second-order valence-corrected chi connectivity index (χ2v) is 12.7. The largest absolute Gasteiger partial charge is 0.356 e. The van der Waals surface area contributed by atoms with Crippen molar-refractivity contribution in [1.29, 1.82) is 0 Å². The van der Waals surface area contributed by atoms with Crippen LogP contribution < -0.4 is 21.3 Å². The Kier molecular flexibility index (Phi) is 17.5. The van der Waals surface area contributed by atoms with Crippen molar-refractivity contribution in [2.45, 2.75) is 103 Å². The lowest BCUT2D eigenvalue weighted by Gasteiger charge is -2.44. The summed E-state index contributed by atoms with van der Waals surface area (Å²) in [6, 6.07) is 15.8. The number of unbranched alkanes of at least 4 members (excludes halogenated alkanes) is 6. The van der Waals surface area contributed by atoms with E-state index in [0.717, 1.165) is 72.3 Å². The molecule has 2 aromatic carbocycles. The Labute approximate surface area is 296 Å². The van der Waals surface area contributed by atoms with Crippen molar-refractivity contribution in [2.75, 3.05) is 26.2 Å². The van der Waals surface area contributed by atoms with Crippen molar-refractivity contribution in [3.63, 3.8) is 0 Å². The van der Waals surface area contributed by atoms with Crippen molar-refractivity contribution in [2.24, 2.45) is 0 Å². The second-order valence-electron chi connectivity index (χ2n) is 12.7. The van der Waals surface area contributed by atoms with Crippen molar-refractivity contribution in [3.05, 3.63) is 71.8 Å². The molecule has 2 aromatic rings. The second kappa shape index (κ2) is 22.1. The van der Waals surface area contributed by atoms with Gasteiger partial charge in [0.25, 0.3) is 0 Å². The fourth-order valence-electron chi connectivity index (χ4n) is 5.80. The predicted molar refractivity (Wildman–Crippen MR) is 191 cm³/mol. The van der Waals surface area contributed by atoms with E-state index in [0.29, 0.717) is 13.1 Å². The molecule has 1 aliphatic rings. The molecule has 0 aromatic heterocycles. The molecule has 0 bridgehead atoms. The first kappa shape index (κ1) is 39.7. The Bertz CT molecular complexity index is 1280. The van der Waals surface area contributed by atoms with Crippen LogP contribution in [-0.4, -0.2) is 83.5 Å². The highest BCUT2D eigenvalue weighted by Crippen LogP contribution is 2.23. The predicted octanol–water partition coefficient (Wildman–Crippen LogP) is 3.20. The molecule has 1 heterocycles. The Morgan fingerprint density at radius 3 is 1.26 bits per heavy atom. The molecule has 4 N–H and O–H groups in total. The molecule has 1 fully saturated rings. The van der Waals surface area contributed by atoms with Crippen LogP contribution >= 0.6 is 0 Å². The molecular weight excluding hydrogens is 636 g/mol. The fraction of sp³-hybridized carbons (Fsp3) is 0.526. The van der Waals surface area contributed by atoms with E-state index in [1.165, 1.54) is 0 Å². The number of hydrogen-bond donors (Lipinski definition) is 4. The van der Waals surface area contributed by atoms with Crippen LogP contribution in [-0.2, 0) is 41.9 Å². The number of piperazine rings is 1. The monoisotopic (exact) mass is 690 g/mol. The molecule has 3 rings (SSSR count). The fourth-order valence-corrected chi connectivity index (χ4v) is 5.80. The van der Waals surface area contributed by atoms with E-state index in [1.807, 2.05) is 60.7 Å². The van der Waals surface area contributed by atoms with Crippen LogP contribution in [0.3, 0.4) is 0 Å². The van der Waals surface area contributed by atoms with E-state index in [4.69, 9.17) is 0 Å². The Hall–Kier alpha value is -4.74. The van der Waals surface area contributed by atoms with Crippen LogP contribution in [0.4, 0.5) is 0 Å². The highest BCUT2D eigenvalue weighted by atomic mass is 16.2. The van der Waals surface area contributed by atoms with Crippen molar-refractivity contribution in [3.8, 4) is 0 Å². The summed E-state index contributed by atoms with van der Waals surface area (Å²) in [5.41, 5.74) is 1.70. The maximum atomic E-state index is 14.2. The standard InChI is InChI=1S/C38H54N6O6/c1-3-5-7-15-21-39-33(45)23-31-37(49)44(28-36(48)42-26-30-19-13-10-14-20-30)32(24-34(46)40-22-16-8-6-4-2)38(50)43(31)27-35(47)41-25-29-17-11-9-12-18-29/h9-14,17-20,31-32H,3-8,15-16,21-28H2,1-2H3,(H,39,45)(H,40,46)(H,41,47)(H,42,48)/t31-,32-/m0/s1. The third kappa shape index (κ3) is 13.6. The molecule has 0 radical (unpaired) electrons. The van der Waals surface area contributed by atoms with Crippen LogP contribution in [0.15, 0.2) is 60.7 Å². The maximum Gasteiger partial charge on any atom is 0.247 e. The lowest BCUT2D eigenvalue weighted by molar-refractivity contribution is -0.166. The molecule has 0 saturated carbocycles. The van der Waals surface area contributed by atoms with Crippen LogP contribution in [0.25, 0.3) is 0 Å². The molecule has 12 nitrogen and oxygen atoms in total. The number of hydrogen-bond acceptors (Lipinski definition) is 6. The van der Waals surface area contributed by atoms with Gasteiger partial charge in [0.05, 0.1) is 12.8 Å². The van der Waals surface area contributed by atoms with E-state index in [-0.39, 0.29) is 25.9 Å². The van der Waals surface area contributed by atoms with Gasteiger partial charge >= 0.3 is 0 Å². The van der Waals surface area contributed by atoms with E-state index in [1.54, 1.807) is 0 Å². The number of carbonyl (C=O) groups is 6. The summed E-state index contributed by atoms with van der Waals surface area (Å²) in [5.74, 6) is -3.27. The maximum absolute atomic E-state index is 14.2. The first-order valence-corrected chi connectivity index (χ1v) is 18.0. The van der Waals surface area contributed by atoms with Crippen LogP contribution in [0.5, 0.6) is 0 Å². The average molecular weight is 691 g/mol. The molecule has 6 amide bonds. The minimum Gasteiger partial charge on any atom is -0.356 e. The van der Waals surface area contributed by atoms with Crippen LogP contribution in [0.1, 0.15) is 89.2 Å². The molecule has 0 spiro atoms. The number of nitrogens with zero attached hydrogens (tertiary/aromatic N) is 2. The number of amides is 6. The quantitative estimate of drug-likeness (QED) is 0.139. The van der Waals surface area contributed by atoms with Gasteiger partial charge in [-0.1, -0.05) is 113 Å². The van der Waals surface area contributed by atoms with Crippen molar-refractivity contribution < 1.29 is 28.8 Å².